The monoisotopic (exact) mass is 170 g/mol. The Kier molecular flexibility index (Phi) is 4.02. The number of nitrogens with zero attached hydrogens (tertiary/aromatic N) is 1. The van der Waals surface area contributed by atoms with Crippen LogP contribution in [0, 0.1) is 5.92 Å². The van der Waals surface area contributed by atoms with Crippen molar-refractivity contribution in [3.05, 3.63) is 0 Å². The van der Waals surface area contributed by atoms with Crippen molar-refractivity contribution in [3.63, 3.8) is 0 Å². The average Bonchev–Trinajstić information content (AvgIpc) is 2.08. The molecule has 1 rings (SSSR count). The number of nitrogens with two attached hydrogens (primary N) is 1. The highest BCUT2D eigenvalue weighted by Gasteiger charge is 2.23. The van der Waals surface area contributed by atoms with Gasteiger partial charge in [-0.2, -0.15) is 0 Å². The first-order chi connectivity index (χ1) is 5.75. The predicted octanol–water partition coefficient (Wildman–Crippen LogP) is 1.46. The number of hydrogen-bond donors (Lipinski definition) is 1. The second-order valence-electron chi connectivity index (χ2n) is 4.04. The molecule has 2 nitrogen and oxygen atoms in total. The molecule has 1 aliphatic heterocycles. The summed E-state index contributed by atoms with van der Waals surface area (Å²) < 4.78 is 0. The Morgan fingerprint density at radius 2 is 2.17 bits per heavy atom. The number of rotatable bonds is 3. The van der Waals surface area contributed by atoms with E-state index in [0.29, 0.717) is 0 Å². The molecule has 0 aliphatic carbocycles. The van der Waals surface area contributed by atoms with E-state index < -0.39 is 0 Å². The van der Waals surface area contributed by atoms with Gasteiger partial charge in [-0.15, -0.1) is 0 Å². The molecular formula is C10H22N2. The van der Waals surface area contributed by atoms with Crippen molar-refractivity contribution in [2.45, 2.75) is 39.2 Å². The minimum Gasteiger partial charge on any atom is -0.330 e. The molecule has 0 aromatic carbocycles. The zero-order chi connectivity index (χ0) is 8.97. The number of likely N-dealkylation sites (tertiary alicyclic amines) is 1. The third kappa shape index (κ3) is 2.46. The van der Waals surface area contributed by atoms with Gasteiger partial charge in [-0.25, -0.2) is 0 Å². The largest absolute Gasteiger partial charge is 0.330 e. The quantitative estimate of drug-likeness (QED) is 0.694. The van der Waals surface area contributed by atoms with E-state index in [-0.39, 0.29) is 0 Å². The fourth-order valence-electron chi connectivity index (χ4n) is 2.03. The summed E-state index contributed by atoms with van der Waals surface area (Å²) in [6.45, 7) is 8.02. The Morgan fingerprint density at radius 1 is 1.42 bits per heavy atom. The second-order valence-corrected chi connectivity index (χ2v) is 4.04. The first-order valence-corrected chi connectivity index (χ1v) is 5.20. The molecule has 1 saturated heterocycles. The fraction of sp³-hybridized carbons (Fsp3) is 1.00. The summed E-state index contributed by atoms with van der Waals surface area (Å²) in [6, 6.07) is 0.769. The van der Waals surface area contributed by atoms with E-state index in [0.717, 1.165) is 24.9 Å². The molecule has 2 heteroatoms. The van der Waals surface area contributed by atoms with Gasteiger partial charge in [-0.1, -0.05) is 6.92 Å². The summed E-state index contributed by atoms with van der Waals surface area (Å²) in [6.07, 6.45) is 3.92. The molecule has 2 atom stereocenters. The highest BCUT2D eigenvalue weighted by molar-refractivity contribution is 4.78. The topological polar surface area (TPSA) is 29.3 Å². The molecule has 0 unspecified atom stereocenters. The van der Waals surface area contributed by atoms with Crippen LogP contribution in [0.15, 0.2) is 0 Å². The lowest BCUT2D eigenvalue weighted by Gasteiger charge is -2.37. The van der Waals surface area contributed by atoms with Gasteiger partial charge in [0.1, 0.15) is 0 Å². The lowest BCUT2D eigenvalue weighted by Crippen LogP contribution is -2.43. The van der Waals surface area contributed by atoms with Gasteiger partial charge in [0.2, 0.25) is 0 Å². The molecule has 0 bridgehead atoms. The van der Waals surface area contributed by atoms with Crippen molar-refractivity contribution in [1.29, 1.82) is 0 Å². The van der Waals surface area contributed by atoms with Crippen LogP contribution in [0.5, 0.6) is 0 Å². The molecule has 72 valence electrons. The Bertz CT molecular complexity index is 125. The van der Waals surface area contributed by atoms with Crippen LogP contribution in [0.4, 0.5) is 0 Å². The highest BCUT2D eigenvalue weighted by atomic mass is 15.2. The van der Waals surface area contributed by atoms with Gasteiger partial charge in [0, 0.05) is 6.04 Å². The molecule has 1 heterocycles. The molecule has 0 saturated carbocycles. The number of hydrogen-bond acceptors (Lipinski definition) is 2. The van der Waals surface area contributed by atoms with Gasteiger partial charge in [0.15, 0.2) is 0 Å². The maximum atomic E-state index is 5.50. The zero-order valence-electron chi connectivity index (χ0n) is 8.42. The molecule has 0 aromatic heterocycles. The van der Waals surface area contributed by atoms with E-state index in [9.17, 15) is 0 Å². The van der Waals surface area contributed by atoms with Gasteiger partial charge < -0.3 is 10.6 Å². The van der Waals surface area contributed by atoms with Crippen molar-refractivity contribution in [2.75, 3.05) is 19.6 Å². The van der Waals surface area contributed by atoms with Gasteiger partial charge in [-0.05, 0) is 51.7 Å². The summed E-state index contributed by atoms with van der Waals surface area (Å²) in [5.74, 6) is 0.872. The fourth-order valence-corrected chi connectivity index (χ4v) is 2.03. The summed E-state index contributed by atoms with van der Waals surface area (Å²) in [7, 11) is 0. The van der Waals surface area contributed by atoms with Crippen LogP contribution in [-0.4, -0.2) is 30.6 Å². The van der Waals surface area contributed by atoms with E-state index in [4.69, 9.17) is 5.73 Å². The van der Waals surface area contributed by atoms with Crippen LogP contribution >= 0.6 is 0 Å². The highest BCUT2D eigenvalue weighted by Crippen LogP contribution is 2.22. The summed E-state index contributed by atoms with van der Waals surface area (Å²) in [4.78, 5) is 2.58. The van der Waals surface area contributed by atoms with Gasteiger partial charge in [-0.3, -0.25) is 0 Å². The minimum atomic E-state index is 0.769. The third-order valence-electron chi connectivity index (χ3n) is 3.15. The van der Waals surface area contributed by atoms with Gasteiger partial charge in [0.25, 0.3) is 0 Å². The van der Waals surface area contributed by atoms with E-state index in [1.165, 1.54) is 25.9 Å². The maximum absolute atomic E-state index is 5.50. The third-order valence-corrected chi connectivity index (χ3v) is 3.15. The van der Waals surface area contributed by atoms with Crippen molar-refractivity contribution in [1.82, 2.24) is 4.90 Å². The van der Waals surface area contributed by atoms with Crippen LogP contribution in [-0.2, 0) is 0 Å². The van der Waals surface area contributed by atoms with Crippen molar-refractivity contribution >= 4 is 0 Å². The second kappa shape index (κ2) is 4.83. The molecule has 1 aliphatic rings. The predicted molar refractivity (Wildman–Crippen MR) is 53.1 cm³/mol. The Hall–Kier alpha value is -0.0800. The molecule has 0 radical (unpaired) electrons. The summed E-state index contributed by atoms with van der Waals surface area (Å²) in [5, 5.41) is 0. The molecule has 0 amide bonds. The van der Waals surface area contributed by atoms with E-state index >= 15 is 0 Å². The summed E-state index contributed by atoms with van der Waals surface area (Å²) >= 11 is 0. The molecule has 0 spiro atoms. The Labute approximate surface area is 76.1 Å². The van der Waals surface area contributed by atoms with Crippen molar-refractivity contribution in [2.24, 2.45) is 11.7 Å². The molecular weight excluding hydrogens is 148 g/mol. The van der Waals surface area contributed by atoms with Crippen LogP contribution in [0.3, 0.4) is 0 Å². The van der Waals surface area contributed by atoms with Crippen molar-refractivity contribution in [3.8, 4) is 0 Å². The SMILES string of the molecule is C[C@@H]1[C@@H](C)CCCN1CCCN. The van der Waals surface area contributed by atoms with Crippen LogP contribution in [0.2, 0.25) is 0 Å². The molecule has 12 heavy (non-hydrogen) atoms. The lowest BCUT2D eigenvalue weighted by molar-refractivity contribution is 0.113. The van der Waals surface area contributed by atoms with Gasteiger partial charge >= 0.3 is 0 Å². The first-order valence-electron chi connectivity index (χ1n) is 5.20. The minimum absolute atomic E-state index is 0.769. The molecule has 0 aromatic rings. The van der Waals surface area contributed by atoms with Crippen molar-refractivity contribution < 1.29 is 0 Å². The van der Waals surface area contributed by atoms with Gasteiger partial charge in [0.05, 0.1) is 0 Å². The smallest absolute Gasteiger partial charge is 0.00925 e. The Balaban J connectivity index is 2.30. The molecule has 2 N–H and O–H groups in total. The normalized spacial score (nSPS) is 32.2. The van der Waals surface area contributed by atoms with Crippen LogP contribution < -0.4 is 5.73 Å². The molecule has 1 fully saturated rings. The van der Waals surface area contributed by atoms with E-state index in [1.807, 2.05) is 0 Å². The van der Waals surface area contributed by atoms with E-state index in [1.54, 1.807) is 0 Å². The lowest BCUT2D eigenvalue weighted by atomic mass is 9.92. The van der Waals surface area contributed by atoms with Crippen LogP contribution in [0.25, 0.3) is 0 Å². The van der Waals surface area contributed by atoms with E-state index in [2.05, 4.69) is 18.7 Å². The average molecular weight is 170 g/mol. The van der Waals surface area contributed by atoms with Crippen LogP contribution in [0.1, 0.15) is 33.1 Å². The number of piperidine rings is 1. The first kappa shape index (κ1) is 10.0. The maximum Gasteiger partial charge on any atom is 0.00925 e. The zero-order valence-corrected chi connectivity index (χ0v) is 8.42. The Morgan fingerprint density at radius 3 is 2.83 bits per heavy atom. The standard InChI is InChI=1S/C10H22N2/c1-9-5-3-7-12(10(9)2)8-4-6-11/h9-10H,3-8,11H2,1-2H3/t9-,10+/m0/s1. The summed E-state index contributed by atoms with van der Waals surface area (Å²) in [5.41, 5.74) is 5.50.